The second kappa shape index (κ2) is 6.40. The van der Waals surface area contributed by atoms with Crippen LogP contribution in [0.2, 0.25) is 0 Å². The number of methoxy groups -OCH3 is 1. The number of phenols is 1. The van der Waals surface area contributed by atoms with Crippen LogP contribution in [-0.2, 0) is 6.18 Å². The summed E-state index contributed by atoms with van der Waals surface area (Å²) in [5.41, 5.74) is -0.221. The van der Waals surface area contributed by atoms with Crippen LogP contribution in [0.5, 0.6) is 11.5 Å². The third-order valence-electron chi connectivity index (χ3n) is 3.00. The van der Waals surface area contributed by atoms with Crippen molar-refractivity contribution >= 4 is 11.6 Å². The van der Waals surface area contributed by atoms with Gasteiger partial charge in [0, 0.05) is 6.20 Å². The maximum absolute atomic E-state index is 12.5. The van der Waals surface area contributed by atoms with Crippen molar-refractivity contribution in [2.24, 2.45) is 0 Å². The molecule has 0 fully saturated rings. The number of aromatic hydroxyl groups is 1. The number of ether oxygens (including phenoxy) is 1. The molecule has 23 heavy (non-hydrogen) atoms. The third kappa shape index (κ3) is 3.80. The van der Waals surface area contributed by atoms with Gasteiger partial charge in [-0.1, -0.05) is 6.07 Å². The van der Waals surface area contributed by atoms with Gasteiger partial charge >= 0.3 is 6.18 Å². The van der Waals surface area contributed by atoms with Crippen molar-refractivity contribution in [3.63, 3.8) is 0 Å². The predicted molar refractivity (Wildman–Crippen MR) is 77.4 cm³/mol. The zero-order valence-electron chi connectivity index (χ0n) is 11.9. The van der Waals surface area contributed by atoms with Crippen LogP contribution in [0.25, 0.3) is 11.6 Å². The van der Waals surface area contributed by atoms with Crippen LogP contribution in [0.4, 0.5) is 13.2 Å². The van der Waals surface area contributed by atoms with Gasteiger partial charge in [0.2, 0.25) is 0 Å². The van der Waals surface area contributed by atoms with Crippen molar-refractivity contribution in [2.75, 3.05) is 7.11 Å². The van der Waals surface area contributed by atoms with Gasteiger partial charge < -0.3 is 9.84 Å². The van der Waals surface area contributed by atoms with E-state index in [-0.39, 0.29) is 22.8 Å². The zero-order chi connectivity index (χ0) is 17.0. The molecular weight excluding hydrogens is 309 g/mol. The molecule has 0 bridgehead atoms. The van der Waals surface area contributed by atoms with Gasteiger partial charge in [0.05, 0.1) is 23.9 Å². The maximum Gasteiger partial charge on any atom is 0.417 e. The molecule has 1 aromatic heterocycles. The molecule has 0 saturated heterocycles. The van der Waals surface area contributed by atoms with Crippen LogP contribution in [0.1, 0.15) is 16.8 Å². The number of nitrogens with zero attached hydrogens (tertiary/aromatic N) is 2. The first-order valence-corrected chi connectivity index (χ1v) is 6.37. The van der Waals surface area contributed by atoms with E-state index in [4.69, 9.17) is 4.74 Å². The summed E-state index contributed by atoms with van der Waals surface area (Å²) in [5.74, 6) is 0.159. The number of alkyl halides is 3. The lowest BCUT2D eigenvalue weighted by Crippen LogP contribution is -2.05. The van der Waals surface area contributed by atoms with Crippen molar-refractivity contribution < 1.29 is 23.0 Å². The van der Waals surface area contributed by atoms with E-state index < -0.39 is 11.7 Å². The number of allylic oxidation sites excluding steroid dienone is 1. The third-order valence-corrected chi connectivity index (χ3v) is 3.00. The lowest BCUT2D eigenvalue weighted by molar-refractivity contribution is -0.137. The number of halogens is 3. The average Bonchev–Trinajstić information content (AvgIpc) is 2.52. The molecule has 0 amide bonds. The Kier molecular flexibility index (Phi) is 4.55. The Hall–Kier alpha value is -3.01. The Morgan fingerprint density at radius 1 is 1.30 bits per heavy atom. The van der Waals surface area contributed by atoms with Crippen molar-refractivity contribution in [1.29, 1.82) is 5.26 Å². The molecule has 0 aliphatic carbocycles. The molecule has 0 spiro atoms. The summed E-state index contributed by atoms with van der Waals surface area (Å²) >= 11 is 0. The summed E-state index contributed by atoms with van der Waals surface area (Å²) in [7, 11) is 1.40. The first kappa shape index (κ1) is 16.4. The molecule has 0 atom stereocenters. The van der Waals surface area contributed by atoms with Crippen LogP contribution in [0.3, 0.4) is 0 Å². The van der Waals surface area contributed by atoms with Gasteiger partial charge in [0.1, 0.15) is 6.07 Å². The summed E-state index contributed by atoms with van der Waals surface area (Å²) in [6.45, 7) is 0. The highest BCUT2D eigenvalue weighted by Gasteiger charge is 2.30. The topological polar surface area (TPSA) is 66.1 Å². The van der Waals surface area contributed by atoms with E-state index in [2.05, 4.69) is 4.98 Å². The summed E-state index contributed by atoms with van der Waals surface area (Å²) in [6.07, 6.45) is -2.40. The second-order valence-electron chi connectivity index (χ2n) is 4.53. The second-order valence-corrected chi connectivity index (χ2v) is 4.53. The zero-order valence-corrected chi connectivity index (χ0v) is 11.9. The summed E-state index contributed by atoms with van der Waals surface area (Å²) in [6, 6.07) is 8.35. The SMILES string of the molecule is COc1ccc(/C=C(\C#N)c2ccc(C(F)(F)F)cn2)cc1O. The van der Waals surface area contributed by atoms with Crippen LogP contribution < -0.4 is 4.74 Å². The van der Waals surface area contributed by atoms with Gasteiger partial charge in [0.25, 0.3) is 0 Å². The van der Waals surface area contributed by atoms with Crippen LogP contribution in [0, 0.1) is 11.3 Å². The van der Waals surface area contributed by atoms with E-state index in [1.54, 1.807) is 6.07 Å². The van der Waals surface area contributed by atoms with E-state index in [9.17, 15) is 23.5 Å². The van der Waals surface area contributed by atoms with Gasteiger partial charge in [-0.15, -0.1) is 0 Å². The highest BCUT2D eigenvalue weighted by atomic mass is 19.4. The lowest BCUT2D eigenvalue weighted by atomic mass is 10.1. The van der Waals surface area contributed by atoms with Gasteiger partial charge in [-0.25, -0.2) is 0 Å². The monoisotopic (exact) mass is 320 g/mol. The molecule has 0 saturated carbocycles. The Labute approximate surface area is 130 Å². The molecule has 2 rings (SSSR count). The molecule has 4 nitrogen and oxygen atoms in total. The molecule has 0 aliphatic heterocycles. The van der Waals surface area contributed by atoms with Gasteiger partial charge in [0.15, 0.2) is 11.5 Å². The van der Waals surface area contributed by atoms with Crippen molar-refractivity contribution in [3.05, 3.63) is 53.3 Å². The fourth-order valence-corrected chi connectivity index (χ4v) is 1.85. The fourth-order valence-electron chi connectivity index (χ4n) is 1.85. The standard InChI is InChI=1S/C16H11F3N2O2/c1-23-15-5-2-10(7-14(15)22)6-11(8-20)13-4-3-12(9-21-13)16(17,18)19/h2-7,9,22H,1H3/b11-6+. The summed E-state index contributed by atoms with van der Waals surface area (Å²) in [5, 5.41) is 18.9. The Bertz CT molecular complexity index is 775. The summed E-state index contributed by atoms with van der Waals surface area (Å²) < 4.78 is 42.4. The van der Waals surface area contributed by atoms with Crippen LogP contribution >= 0.6 is 0 Å². The number of hydrogen-bond acceptors (Lipinski definition) is 4. The van der Waals surface area contributed by atoms with Crippen molar-refractivity contribution in [2.45, 2.75) is 6.18 Å². The van der Waals surface area contributed by atoms with E-state index in [0.29, 0.717) is 11.8 Å². The minimum Gasteiger partial charge on any atom is -0.504 e. The van der Waals surface area contributed by atoms with E-state index >= 15 is 0 Å². The van der Waals surface area contributed by atoms with Crippen LogP contribution in [-0.4, -0.2) is 17.2 Å². The molecule has 0 radical (unpaired) electrons. The molecule has 1 heterocycles. The number of nitriles is 1. The van der Waals surface area contributed by atoms with Gasteiger partial charge in [-0.05, 0) is 35.9 Å². The largest absolute Gasteiger partial charge is 0.504 e. The van der Waals surface area contributed by atoms with Crippen LogP contribution in [0.15, 0.2) is 36.5 Å². The number of aromatic nitrogens is 1. The van der Waals surface area contributed by atoms with E-state index in [1.807, 2.05) is 6.07 Å². The summed E-state index contributed by atoms with van der Waals surface area (Å²) in [4.78, 5) is 3.67. The number of phenolic OH excluding ortho intramolecular Hbond substituents is 1. The first-order valence-electron chi connectivity index (χ1n) is 6.37. The average molecular weight is 320 g/mol. The molecule has 0 unspecified atom stereocenters. The molecule has 1 N–H and O–H groups in total. The molecule has 7 heteroatoms. The molecular formula is C16H11F3N2O2. The van der Waals surface area contributed by atoms with Gasteiger partial charge in [-0.3, -0.25) is 4.98 Å². The minimum absolute atomic E-state index is 0.0725. The normalized spacial score (nSPS) is 11.9. The molecule has 0 aliphatic rings. The Morgan fingerprint density at radius 3 is 2.52 bits per heavy atom. The number of pyridine rings is 1. The first-order chi connectivity index (χ1) is 10.8. The van der Waals surface area contributed by atoms with Gasteiger partial charge in [-0.2, -0.15) is 18.4 Å². The lowest BCUT2D eigenvalue weighted by Gasteiger charge is -2.07. The predicted octanol–water partition coefficient (Wildman–Crippen LogP) is 3.88. The van der Waals surface area contributed by atoms with E-state index in [0.717, 1.165) is 12.1 Å². The molecule has 2 aromatic rings. The number of hydrogen-bond donors (Lipinski definition) is 1. The number of rotatable bonds is 3. The molecule has 1 aromatic carbocycles. The highest BCUT2D eigenvalue weighted by Crippen LogP contribution is 2.30. The highest BCUT2D eigenvalue weighted by molar-refractivity contribution is 5.88. The fraction of sp³-hybridized carbons (Fsp3) is 0.125. The number of benzene rings is 1. The van der Waals surface area contributed by atoms with Crippen molar-refractivity contribution in [3.8, 4) is 17.6 Å². The smallest absolute Gasteiger partial charge is 0.417 e. The molecule has 118 valence electrons. The van der Waals surface area contributed by atoms with E-state index in [1.165, 1.54) is 25.3 Å². The quantitative estimate of drug-likeness (QED) is 0.872. The Morgan fingerprint density at radius 2 is 2.04 bits per heavy atom. The Balaban J connectivity index is 2.36. The minimum atomic E-state index is -4.48. The maximum atomic E-state index is 12.5. The van der Waals surface area contributed by atoms with Crippen molar-refractivity contribution in [1.82, 2.24) is 4.98 Å².